The first-order valence-electron chi connectivity index (χ1n) is 4.94. The van der Waals surface area contributed by atoms with Gasteiger partial charge in [-0.05, 0) is 29.5 Å². The molecule has 0 saturated heterocycles. The topological polar surface area (TPSA) is 29.5 Å². The van der Waals surface area contributed by atoms with Crippen molar-refractivity contribution in [1.82, 2.24) is 0 Å². The van der Waals surface area contributed by atoms with Crippen LogP contribution in [0.5, 0.6) is 5.75 Å². The third-order valence-corrected chi connectivity index (χ3v) is 2.77. The molecule has 78 valence electrons. The van der Waals surface area contributed by atoms with Crippen molar-refractivity contribution in [3.8, 4) is 5.75 Å². The molecule has 1 N–H and O–H groups in total. The molecule has 0 saturated carbocycles. The number of aryl methyl sites for hydroxylation is 1. The Morgan fingerprint density at radius 2 is 1.87 bits per heavy atom. The van der Waals surface area contributed by atoms with Gasteiger partial charge >= 0.3 is 0 Å². The summed E-state index contributed by atoms with van der Waals surface area (Å²) in [6, 6.07) is 9.96. The second-order valence-electron chi connectivity index (χ2n) is 3.57. The average Bonchev–Trinajstić information content (AvgIpc) is 2.30. The third-order valence-electron chi connectivity index (χ3n) is 2.77. The van der Waals surface area contributed by atoms with E-state index in [9.17, 15) is 5.11 Å². The van der Waals surface area contributed by atoms with Gasteiger partial charge < -0.3 is 9.84 Å². The molecule has 0 fully saturated rings. The van der Waals surface area contributed by atoms with Crippen LogP contribution in [0.4, 0.5) is 0 Å². The van der Waals surface area contributed by atoms with Gasteiger partial charge in [-0.3, -0.25) is 0 Å². The van der Waals surface area contributed by atoms with Crippen molar-refractivity contribution in [1.29, 1.82) is 0 Å². The van der Waals surface area contributed by atoms with Gasteiger partial charge in [0.15, 0.2) is 0 Å². The van der Waals surface area contributed by atoms with Gasteiger partial charge in [0, 0.05) is 5.39 Å². The predicted octanol–water partition coefficient (Wildman–Crippen LogP) is 2.65. The SMILES string of the molecule is COc1cc(CO)c(C)c2ccccc12. The number of hydrogen-bond donors (Lipinski definition) is 1. The highest BCUT2D eigenvalue weighted by atomic mass is 16.5. The summed E-state index contributed by atoms with van der Waals surface area (Å²) in [4.78, 5) is 0. The molecule has 15 heavy (non-hydrogen) atoms. The van der Waals surface area contributed by atoms with E-state index in [1.165, 1.54) is 0 Å². The molecule has 0 aromatic heterocycles. The Bertz CT molecular complexity index is 489. The van der Waals surface area contributed by atoms with E-state index in [0.717, 1.165) is 27.6 Å². The lowest BCUT2D eigenvalue weighted by molar-refractivity contribution is 0.280. The molecule has 0 radical (unpaired) electrons. The highest BCUT2D eigenvalue weighted by Gasteiger charge is 2.07. The van der Waals surface area contributed by atoms with Crippen LogP contribution in [-0.2, 0) is 6.61 Å². The van der Waals surface area contributed by atoms with Crippen LogP contribution < -0.4 is 4.74 Å². The summed E-state index contributed by atoms with van der Waals surface area (Å²) in [5, 5.41) is 11.5. The molecule has 0 atom stereocenters. The molecular formula is C13H14O2. The minimum absolute atomic E-state index is 0.0486. The molecule has 2 rings (SSSR count). The monoisotopic (exact) mass is 202 g/mol. The van der Waals surface area contributed by atoms with Crippen LogP contribution in [0.15, 0.2) is 30.3 Å². The molecule has 0 aliphatic rings. The summed E-state index contributed by atoms with van der Waals surface area (Å²) < 4.78 is 5.31. The minimum Gasteiger partial charge on any atom is -0.496 e. The van der Waals surface area contributed by atoms with Crippen molar-refractivity contribution in [2.24, 2.45) is 0 Å². The van der Waals surface area contributed by atoms with E-state index in [0.29, 0.717) is 0 Å². The van der Waals surface area contributed by atoms with Gasteiger partial charge in [-0.1, -0.05) is 24.3 Å². The Kier molecular flexibility index (Phi) is 2.60. The van der Waals surface area contributed by atoms with Crippen LogP contribution in [0.3, 0.4) is 0 Å². The van der Waals surface area contributed by atoms with E-state index in [1.54, 1.807) is 7.11 Å². The first-order chi connectivity index (χ1) is 7.27. The fraction of sp³-hybridized carbons (Fsp3) is 0.231. The van der Waals surface area contributed by atoms with Crippen LogP contribution in [0, 0.1) is 6.92 Å². The Morgan fingerprint density at radius 3 is 2.47 bits per heavy atom. The number of aliphatic hydroxyl groups is 1. The number of ether oxygens (including phenoxy) is 1. The summed E-state index contributed by atoms with van der Waals surface area (Å²) in [7, 11) is 1.65. The van der Waals surface area contributed by atoms with E-state index in [2.05, 4.69) is 0 Å². The fourth-order valence-electron chi connectivity index (χ4n) is 1.88. The lowest BCUT2D eigenvalue weighted by atomic mass is 9.99. The maximum Gasteiger partial charge on any atom is 0.127 e. The van der Waals surface area contributed by atoms with E-state index in [-0.39, 0.29) is 6.61 Å². The average molecular weight is 202 g/mol. The van der Waals surface area contributed by atoms with Gasteiger partial charge in [-0.25, -0.2) is 0 Å². The molecule has 0 unspecified atom stereocenters. The summed E-state index contributed by atoms with van der Waals surface area (Å²) in [5.41, 5.74) is 2.04. The maximum absolute atomic E-state index is 9.24. The van der Waals surface area contributed by atoms with Crippen molar-refractivity contribution in [3.05, 3.63) is 41.5 Å². The highest BCUT2D eigenvalue weighted by Crippen LogP contribution is 2.30. The van der Waals surface area contributed by atoms with Crippen molar-refractivity contribution in [3.63, 3.8) is 0 Å². The Labute approximate surface area is 89.1 Å². The van der Waals surface area contributed by atoms with E-state index < -0.39 is 0 Å². The quantitative estimate of drug-likeness (QED) is 0.811. The number of benzene rings is 2. The zero-order valence-corrected chi connectivity index (χ0v) is 8.95. The molecule has 2 heteroatoms. The first kappa shape index (κ1) is 9.99. The molecule has 2 nitrogen and oxygen atoms in total. The van der Waals surface area contributed by atoms with Crippen LogP contribution in [0.1, 0.15) is 11.1 Å². The molecule has 0 aliphatic carbocycles. The standard InChI is InChI=1S/C13H14O2/c1-9-10(8-14)7-13(15-2)12-6-4-3-5-11(9)12/h3-7,14H,8H2,1-2H3. The summed E-state index contributed by atoms with van der Waals surface area (Å²) in [5.74, 6) is 0.820. The zero-order valence-electron chi connectivity index (χ0n) is 8.95. The number of hydrogen-bond acceptors (Lipinski definition) is 2. The van der Waals surface area contributed by atoms with Crippen molar-refractivity contribution in [2.75, 3.05) is 7.11 Å². The predicted molar refractivity (Wildman–Crippen MR) is 61.2 cm³/mol. The number of aliphatic hydroxyl groups excluding tert-OH is 1. The van der Waals surface area contributed by atoms with E-state index in [4.69, 9.17) is 4.74 Å². The van der Waals surface area contributed by atoms with E-state index in [1.807, 2.05) is 37.3 Å². The Hall–Kier alpha value is -1.54. The van der Waals surface area contributed by atoms with Crippen molar-refractivity contribution < 1.29 is 9.84 Å². The third kappa shape index (κ3) is 1.57. The molecule has 2 aromatic rings. The minimum atomic E-state index is 0.0486. The van der Waals surface area contributed by atoms with Crippen LogP contribution >= 0.6 is 0 Å². The Balaban J connectivity index is 2.84. The van der Waals surface area contributed by atoms with Crippen molar-refractivity contribution in [2.45, 2.75) is 13.5 Å². The largest absolute Gasteiger partial charge is 0.496 e. The second-order valence-corrected chi connectivity index (χ2v) is 3.57. The molecular weight excluding hydrogens is 188 g/mol. The van der Waals surface area contributed by atoms with Crippen LogP contribution in [0.2, 0.25) is 0 Å². The first-order valence-corrected chi connectivity index (χ1v) is 4.94. The molecule has 0 aliphatic heterocycles. The molecule has 0 amide bonds. The lowest BCUT2D eigenvalue weighted by Gasteiger charge is -2.11. The van der Waals surface area contributed by atoms with Crippen LogP contribution in [-0.4, -0.2) is 12.2 Å². The summed E-state index contributed by atoms with van der Waals surface area (Å²) in [6.45, 7) is 2.07. The normalized spacial score (nSPS) is 10.6. The number of methoxy groups -OCH3 is 1. The van der Waals surface area contributed by atoms with Gasteiger partial charge in [-0.15, -0.1) is 0 Å². The zero-order chi connectivity index (χ0) is 10.8. The number of rotatable bonds is 2. The van der Waals surface area contributed by atoms with Gasteiger partial charge in [0.2, 0.25) is 0 Å². The van der Waals surface area contributed by atoms with Gasteiger partial charge in [0.25, 0.3) is 0 Å². The highest BCUT2D eigenvalue weighted by molar-refractivity contribution is 5.91. The molecule has 0 spiro atoms. The van der Waals surface area contributed by atoms with E-state index >= 15 is 0 Å². The second kappa shape index (κ2) is 3.91. The molecule has 0 bridgehead atoms. The summed E-state index contributed by atoms with van der Waals surface area (Å²) in [6.07, 6.45) is 0. The maximum atomic E-state index is 9.24. The number of fused-ring (bicyclic) bond motifs is 1. The Morgan fingerprint density at radius 1 is 1.20 bits per heavy atom. The van der Waals surface area contributed by atoms with Gasteiger partial charge in [0.1, 0.15) is 5.75 Å². The molecule has 0 heterocycles. The van der Waals surface area contributed by atoms with Crippen LogP contribution in [0.25, 0.3) is 10.8 Å². The van der Waals surface area contributed by atoms with Gasteiger partial charge in [0.05, 0.1) is 13.7 Å². The van der Waals surface area contributed by atoms with Crippen molar-refractivity contribution >= 4 is 10.8 Å². The van der Waals surface area contributed by atoms with Gasteiger partial charge in [-0.2, -0.15) is 0 Å². The smallest absolute Gasteiger partial charge is 0.127 e. The fourth-order valence-corrected chi connectivity index (χ4v) is 1.88. The summed E-state index contributed by atoms with van der Waals surface area (Å²) >= 11 is 0. The lowest BCUT2D eigenvalue weighted by Crippen LogP contribution is -1.94. The molecule has 2 aromatic carbocycles.